The lowest BCUT2D eigenvalue weighted by Crippen LogP contribution is -2.38. The molecule has 1 aliphatic rings. The Hall–Kier alpha value is -0.800. The van der Waals surface area contributed by atoms with E-state index in [-0.39, 0.29) is 30.5 Å². The topological polar surface area (TPSA) is 79.0 Å². The second kappa shape index (κ2) is 11.7. The van der Waals surface area contributed by atoms with Gasteiger partial charge in [-0.3, -0.25) is 4.99 Å². The van der Waals surface area contributed by atoms with Crippen LogP contribution in [-0.4, -0.2) is 43.9 Å². The zero-order chi connectivity index (χ0) is 15.6. The van der Waals surface area contributed by atoms with Gasteiger partial charge in [-0.2, -0.15) is 0 Å². The second-order valence-electron chi connectivity index (χ2n) is 5.55. The van der Waals surface area contributed by atoms with Crippen LogP contribution in [0.5, 0.6) is 0 Å². The predicted molar refractivity (Wildman–Crippen MR) is 101 cm³/mol. The Bertz CT molecular complexity index is 436. The van der Waals surface area contributed by atoms with E-state index >= 15 is 0 Å². The van der Waals surface area contributed by atoms with E-state index in [1.807, 2.05) is 6.92 Å². The third-order valence-corrected chi connectivity index (χ3v) is 3.45. The maximum absolute atomic E-state index is 9.95. The average Bonchev–Trinajstić information content (AvgIpc) is 3.18. The fourth-order valence-electron chi connectivity index (χ4n) is 2.01. The van der Waals surface area contributed by atoms with Gasteiger partial charge in [0.05, 0.1) is 12.8 Å². The van der Waals surface area contributed by atoms with Crippen LogP contribution >= 0.6 is 24.0 Å². The number of aliphatic hydroxyl groups excluding tert-OH is 1. The highest BCUT2D eigenvalue weighted by molar-refractivity contribution is 14.0. The number of rotatable bonds is 10. The first-order chi connectivity index (χ1) is 10.8. The number of ether oxygens (including phenoxy) is 1. The molecule has 23 heavy (non-hydrogen) atoms. The number of nitrogens with zero attached hydrogens (tertiary/aromatic N) is 1. The van der Waals surface area contributed by atoms with Gasteiger partial charge in [0.1, 0.15) is 11.9 Å². The fourth-order valence-corrected chi connectivity index (χ4v) is 2.01. The molecule has 0 aromatic carbocycles. The van der Waals surface area contributed by atoms with E-state index < -0.39 is 6.10 Å². The molecule has 1 aromatic heterocycles. The molecule has 0 aliphatic heterocycles. The molecule has 1 fully saturated rings. The molecule has 1 aromatic rings. The van der Waals surface area contributed by atoms with E-state index in [9.17, 15) is 5.11 Å². The molecule has 1 aliphatic carbocycles. The van der Waals surface area contributed by atoms with Crippen molar-refractivity contribution in [2.24, 2.45) is 10.9 Å². The van der Waals surface area contributed by atoms with Crippen LogP contribution in [-0.2, 0) is 4.74 Å². The number of halogens is 1. The van der Waals surface area contributed by atoms with Crippen LogP contribution in [0.15, 0.2) is 27.8 Å². The minimum absolute atomic E-state index is 0. The van der Waals surface area contributed by atoms with Gasteiger partial charge in [0.15, 0.2) is 5.96 Å². The first kappa shape index (κ1) is 20.2. The molecule has 7 heteroatoms. The summed E-state index contributed by atoms with van der Waals surface area (Å²) in [6, 6.07) is 3.51. The summed E-state index contributed by atoms with van der Waals surface area (Å²) in [6.45, 7) is 5.54. The summed E-state index contributed by atoms with van der Waals surface area (Å²) >= 11 is 0. The molecular weight excluding hydrogens is 409 g/mol. The van der Waals surface area contributed by atoms with Gasteiger partial charge in [0, 0.05) is 26.3 Å². The Kier molecular flexibility index (Phi) is 10.3. The van der Waals surface area contributed by atoms with Crippen molar-refractivity contribution in [3.63, 3.8) is 0 Å². The number of hydrogen-bond acceptors (Lipinski definition) is 4. The number of guanidine groups is 1. The van der Waals surface area contributed by atoms with Crippen LogP contribution in [0.2, 0.25) is 0 Å². The third-order valence-electron chi connectivity index (χ3n) is 3.45. The molecule has 0 amide bonds. The van der Waals surface area contributed by atoms with Crippen LogP contribution in [0.1, 0.15) is 38.1 Å². The van der Waals surface area contributed by atoms with Gasteiger partial charge in [-0.15, -0.1) is 24.0 Å². The van der Waals surface area contributed by atoms with Gasteiger partial charge in [-0.1, -0.05) is 0 Å². The van der Waals surface area contributed by atoms with Crippen molar-refractivity contribution in [1.82, 2.24) is 10.6 Å². The molecule has 1 saturated carbocycles. The summed E-state index contributed by atoms with van der Waals surface area (Å²) in [7, 11) is 0. The van der Waals surface area contributed by atoms with Gasteiger partial charge >= 0.3 is 0 Å². The predicted octanol–water partition coefficient (Wildman–Crippen LogP) is 2.30. The largest absolute Gasteiger partial charge is 0.467 e. The maximum Gasteiger partial charge on any atom is 0.191 e. The van der Waals surface area contributed by atoms with Crippen molar-refractivity contribution < 1.29 is 14.3 Å². The highest BCUT2D eigenvalue weighted by atomic mass is 127. The molecule has 1 atom stereocenters. The smallest absolute Gasteiger partial charge is 0.191 e. The Morgan fingerprint density at radius 2 is 2.30 bits per heavy atom. The van der Waals surface area contributed by atoms with Crippen LogP contribution in [0.25, 0.3) is 0 Å². The summed E-state index contributed by atoms with van der Waals surface area (Å²) in [5, 5.41) is 16.4. The molecule has 0 spiro atoms. The molecule has 3 N–H and O–H groups in total. The first-order valence-corrected chi connectivity index (χ1v) is 8.11. The molecule has 0 radical (unpaired) electrons. The second-order valence-corrected chi connectivity index (χ2v) is 5.55. The summed E-state index contributed by atoms with van der Waals surface area (Å²) in [4.78, 5) is 4.37. The molecule has 6 nitrogen and oxygen atoms in total. The summed E-state index contributed by atoms with van der Waals surface area (Å²) in [5.74, 6) is 2.05. The van der Waals surface area contributed by atoms with E-state index in [4.69, 9.17) is 9.15 Å². The van der Waals surface area contributed by atoms with Gasteiger partial charge in [-0.05, 0) is 44.2 Å². The lowest BCUT2D eigenvalue weighted by atomic mass is 10.3. The molecule has 1 heterocycles. The van der Waals surface area contributed by atoms with E-state index in [2.05, 4.69) is 15.6 Å². The van der Waals surface area contributed by atoms with E-state index in [0.717, 1.165) is 38.6 Å². The maximum atomic E-state index is 9.95. The molecular formula is C16H28IN3O3. The standard InChI is InChI=1S/C16H27N3O3.HI/c1-2-17-16(18-8-4-9-21-12-13-6-7-13)19-11-14(20)15-5-3-10-22-15;/h3,5,10,13-14,20H,2,4,6-9,11-12H2,1H3,(H2,17,18,19);1H. The van der Waals surface area contributed by atoms with Crippen LogP contribution in [0.4, 0.5) is 0 Å². The van der Waals surface area contributed by atoms with Crippen LogP contribution in [0, 0.1) is 5.92 Å². The van der Waals surface area contributed by atoms with E-state index in [0.29, 0.717) is 11.7 Å². The highest BCUT2D eigenvalue weighted by Crippen LogP contribution is 2.28. The highest BCUT2D eigenvalue weighted by Gasteiger charge is 2.20. The van der Waals surface area contributed by atoms with Crippen LogP contribution in [0.3, 0.4) is 0 Å². The lowest BCUT2D eigenvalue weighted by Gasteiger charge is -2.12. The minimum atomic E-state index is -0.715. The zero-order valence-electron chi connectivity index (χ0n) is 13.7. The van der Waals surface area contributed by atoms with Crippen molar-refractivity contribution in [3.8, 4) is 0 Å². The monoisotopic (exact) mass is 437 g/mol. The lowest BCUT2D eigenvalue weighted by molar-refractivity contribution is 0.123. The third kappa shape index (κ3) is 8.57. The first-order valence-electron chi connectivity index (χ1n) is 8.11. The van der Waals surface area contributed by atoms with Gasteiger partial charge in [0.25, 0.3) is 0 Å². The molecule has 132 valence electrons. The van der Waals surface area contributed by atoms with E-state index in [1.54, 1.807) is 18.4 Å². The van der Waals surface area contributed by atoms with E-state index in [1.165, 1.54) is 12.8 Å². The summed E-state index contributed by atoms with van der Waals surface area (Å²) < 4.78 is 10.8. The summed E-state index contributed by atoms with van der Waals surface area (Å²) in [6.07, 6.45) is 4.43. The fraction of sp³-hybridized carbons (Fsp3) is 0.688. The van der Waals surface area contributed by atoms with Crippen molar-refractivity contribution in [3.05, 3.63) is 24.2 Å². The Balaban J connectivity index is 0.00000264. The Morgan fingerprint density at radius 3 is 2.96 bits per heavy atom. The molecule has 0 bridgehead atoms. The SMILES string of the molecule is CCNC(=NCC(O)c1ccco1)NCCCOCC1CC1.I. The number of aliphatic hydroxyl groups is 1. The van der Waals surface area contributed by atoms with Gasteiger partial charge < -0.3 is 24.9 Å². The summed E-state index contributed by atoms with van der Waals surface area (Å²) in [5.41, 5.74) is 0. The molecule has 2 rings (SSSR count). The average molecular weight is 437 g/mol. The quantitative estimate of drug-likeness (QED) is 0.227. The molecule has 1 unspecified atom stereocenters. The van der Waals surface area contributed by atoms with Crippen molar-refractivity contribution >= 4 is 29.9 Å². The van der Waals surface area contributed by atoms with Crippen LogP contribution < -0.4 is 10.6 Å². The van der Waals surface area contributed by atoms with Crippen molar-refractivity contribution in [2.45, 2.75) is 32.3 Å². The van der Waals surface area contributed by atoms with Gasteiger partial charge in [-0.25, -0.2) is 0 Å². The zero-order valence-corrected chi connectivity index (χ0v) is 16.0. The number of aliphatic imine (C=N–C) groups is 1. The van der Waals surface area contributed by atoms with Crippen molar-refractivity contribution in [1.29, 1.82) is 0 Å². The van der Waals surface area contributed by atoms with Gasteiger partial charge in [0.2, 0.25) is 0 Å². The number of nitrogens with one attached hydrogen (secondary N) is 2. The number of furan rings is 1. The Labute approximate surface area is 155 Å². The Morgan fingerprint density at radius 1 is 1.48 bits per heavy atom. The minimum Gasteiger partial charge on any atom is -0.467 e. The normalized spacial score (nSPS) is 15.8. The molecule has 0 saturated heterocycles. The van der Waals surface area contributed by atoms with Crippen molar-refractivity contribution in [2.75, 3.05) is 32.8 Å². The number of hydrogen-bond donors (Lipinski definition) is 3.